The Labute approximate surface area is 96.8 Å². The molecular formula is C13H19NO2. The van der Waals surface area contributed by atoms with Crippen molar-refractivity contribution < 1.29 is 9.47 Å². The number of hydrogen-bond donors (Lipinski definition) is 1. The van der Waals surface area contributed by atoms with E-state index in [4.69, 9.17) is 9.47 Å². The van der Waals surface area contributed by atoms with Crippen LogP contribution in [0.1, 0.15) is 18.0 Å². The van der Waals surface area contributed by atoms with Crippen molar-refractivity contribution in [3.8, 4) is 5.75 Å². The van der Waals surface area contributed by atoms with Gasteiger partial charge < -0.3 is 14.8 Å². The summed E-state index contributed by atoms with van der Waals surface area (Å²) in [5.74, 6) is 1.50. The van der Waals surface area contributed by atoms with Gasteiger partial charge in [-0.25, -0.2) is 0 Å². The summed E-state index contributed by atoms with van der Waals surface area (Å²) in [6.07, 6.45) is 1.11. The average molecular weight is 221 g/mol. The Kier molecular flexibility index (Phi) is 3.80. The molecule has 1 heterocycles. The lowest BCUT2D eigenvalue weighted by atomic mass is 9.92. The van der Waals surface area contributed by atoms with Crippen molar-refractivity contribution in [2.45, 2.75) is 12.5 Å². The van der Waals surface area contributed by atoms with Crippen LogP contribution in [-0.4, -0.2) is 27.4 Å². The summed E-state index contributed by atoms with van der Waals surface area (Å²) in [7, 11) is 3.71. The molecule has 16 heavy (non-hydrogen) atoms. The molecule has 0 saturated carbocycles. The standard InChI is InChI=1S/C13H19NO2/c1-14-13(10-7-8-16-9-10)11-5-3-4-6-12(11)15-2/h3-6,10,13-14H,7-9H2,1-2H3. The second-order valence-corrected chi connectivity index (χ2v) is 4.13. The van der Waals surface area contributed by atoms with Crippen LogP contribution < -0.4 is 10.1 Å². The molecule has 1 aliphatic heterocycles. The van der Waals surface area contributed by atoms with E-state index in [0.29, 0.717) is 12.0 Å². The smallest absolute Gasteiger partial charge is 0.123 e. The highest BCUT2D eigenvalue weighted by Crippen LogP contribution is 2.33. The van der Waals surface area contributed by atoms with Crippen molar-refractivity contribution in [3.05, 3.63) is 29.8 Å². The summed E-state index contributed by atoms with van der Waals surface area (Å²) in [5, 5.41) is 3.38. The van der Waals surface area contributed by atoms with E-state index < -0.39 is 0 Å². The van der Waals surface area contributed by atoms with Crippen molar-refractivity contribution in [1.29, 1.82) is 0 Å². The van der Waals surface area contributed by atoms with Gasteiger partial charge in [-0.1, -0.05) is 18.2 Å². The molecule has 2 atom stereocenters. The number of nitrogens with one attached hydrogen (secondary N) is 1. The van der Waals surface area contributed by atoms with Crippen LogP contribution >= 0.6 is 0 Å². The lowest BCUT2D eigenvalue weighted by Gasteiger charge is -2.24. The fourth-order valence-electron chi connectivity index (χ4n) is 2.38. The molecule has 1 aliphatic rings. The minimum atomic E-state index is 0.318. The van der Waals surface area contributed by atoms with Gasteiger partial charge in [0.15, 0.2) is 0 Å². The molecule has 2 unspecified atom stereocenters. The fourth-order valence-corrected chi connectivity index (χ4v) is 2.38. The van der Waals surface area contributed by atoms with Crippen molar-refractivity contribution in [3.63, 3.8) is 0 Å². The molecule has 2 rings (SSSR count). The van der Waals surface area contributed by atoms with E-state index in [0.717, 1.165) is 25.4 Å². The Morgan fingerprint density at radius 3 is 2.88 bits per heavy atom. The Bertz CT molecular complexity index is 334. The van der Waals surface area contributed by atoms with Gasteiger partial charge in [-0.05, 0) is 19.5 Å². The highest BCUT2D eigenvalue weighted by molar-refractivity contribution is 5.36. The fraction of sp³-hybridized carbons (Fsp3) is 0.538. The van der Waals surface area contributed by atoms with Crippen molar-refractivity contribution in [2.24, 2.45) is 5.92 Å². The molecule has 0 radical (unpaired) electrons. The van der Waals surface area contributed by atoms with Crippen LogP contribution in [0.2, 0.25) is 0 Å². The van der Waals surface area contributed by atoms with E-state index in [9.17, 15) is 0 Å². The van der Waals surface area contributed by atoms with Crippen LogP contribution in [0.25, 0.3) is 0 Å². The summed E-state index contributed by atoms with van der Waals surface area (Å²) in [6, 6.07) is 8.50. The average Bonchev–Trinajstić information content (AvgIpc) is 2.84. The zero-order valence-electron chi connectivity index (χ0n) is 9.90. The zero-order valence-corrected chi connectivity index (χ0v) is 9.90. The third-order valence-corrected chi connectivity index (χ3v) is 3.22. The summed E-state index contributed by atoms with van der Waals surface area (Å²) < 4.78 is 10.9. The summed E-state index contributed by atoms with van der Waals surface area (Å²) in [4.78, 5) is 0. The normalized spacial score (nSPS) is 22.0. The Morgan fingerprint density at radius 1 is 1.44 bits per heavy atom. The van der Waals surface area contributed by atoms with Gasteiger partial charge in [0.05, 0.1) is 13.7 Å². The van der Waals surface area contributed by atoms with E-state index in [1.165, 1.54) is 5.56 Å². The van der Waals surface area contributed by atoms with Crippen LogP contribution in [0, 0.1) is 5.92 Å². The van der Waals surface area contributed by atoms with Crippen molar-refractivity contribution in [2.75, 3.05) is 27.4 Å². The summed E-state index contributed by atoms with van der Waals surface area (Å²) >= 11 is 0. The number of ether oxygens (including phenoxy) is 2. The van der Waals surface area contributed by atoms with Crippen molar-refractivity contribution >= 4 is 0 Å². The van der Waals surface area contributed by atoms with Crippen LogP contribution in [0.3, 0.4) is 0 Å². The number of hydrogen-bond acceptors (Lipinski definition) is 3. The van der Waals surface area contributed by atoms with Gasteiger partial charge in [0.2, 0.25) is 0 Å². The number of methoxy groups -OCH3 is 1. The van der Waals surface area contributed by atoms with Gasteiger partial charge >= 0.3 is 0 Å². The second-order valence-electron chi connectivity index (χ2n) is 4.13. The van der Waals surface area contributed by atoms with Crippen LogP contribution in [0.15, 0.2) is 24.3 Å². The van der Waals surface area contributed by atoms with Gasteiger partial charge in [0.25, 0.3) is 0 Å². The molecule has 3 heteroatoms. The van der Waals surface area contributed by atoms with E-state index >= 15 is 0 Å². The molecule has 0 bridgehead atoms. The number of para-hydroxylation sites is 1. The highest BCUT2D eigenvalue weighted by Gasteiger charge is 2.27. The molecule has 1 saturated heterocycles. The van der Waals surface area contributed by atoms with E-state index in [1.54, 1.807) is 7.11 Å². The highest BCUT2D eigenvalue weighted by atomic mass is 16.5. The molecule has 88 valence electrons. The molecule has 0 spiro atoms. The van der Waals surface area contributed by atoms with E-state index in [1.807, 2.05) is 19.2 Å². The zero-order chi connectivity index (χ0) is 11.4. The van der Waals surface area contributed by atoms with Gasteiger partial charge in [0, 0.05) is 24.1 Å². The lowest BCUT2D eigenvalue weighted by Crippen LogP contribution is -2.26. The first kappa shape index (κ1) is 11.4. The van der Waals surface area contributed by atoms with Gasteiger partial charge in [0.1, 0.15) is 5.75 Å². The van der Waals surface area contributed by atoms with Crippen LogP contribution in [0.4, 0.5) is 0 Å². The maximum absolute atomic E-state index is 5.45. The molecule has 0 aliphatic carbocycles. The Morgan fingerprint density at radius 2 is 2.25 bits per heavy atom. The topological polar surface area (TPSA) is 30.5 Å². The quantitative estimate of drug-likeness (QED) is 0.843. The first-order chi connectivity index (χ1) is 7.86. The van der Waals surface area contributed by atoms with E-state index in [-0.39, 0.29) is 0 Å². The molecule has 1 N–H and O–H groups in total. The van der Waals surface area contributed by atoms with Gasteiger partial charge in [-0.2, -0.15) is 0 Å². The molecular weight excluding hydrogens is 202 g/mol. The first-order valence-electron chi connectivity index (χ1n) is 5.74. The van der Waals surface area contributed by atoms with E-state index in [2.05, 4.69) is 17.4 Å². The predicted molar refractivity (Wildman–Crippen MR) is 63.7 cm³/mol. The first-order valence-corrected chi connectivity index (χ1v) is 5.74. The van der Waals surface area contributed by atoms with Crippen LogP contribution in [-0.2, 0) is 4.74 Å². The number of rotatable bonds is 4. The molecule has 1 aromatic rings. The second kappa shape index (κ2) is 5.32. The number of benzene rings is 1. The maximum Gasteiger partial charge on any atom is 0.123 e. The third kappa shape index (κ3) is 2.20. The minimum Gasteiger partial charge on any atom is -0.496 e. The largest absolute Gasteiger partial charge is 0.496 e. The lowest BCUT2D eigenvalue weighted by molar-refractivity contribution is 0.177. The molecule has 0 amide bonds. The molecule has 1 fully saturated rings. The Balaban J connectivity index is 2.24. The molecule has 3 nitrogen and oxygen atoms in total. The maximum atomic E-state index is 5.45. The predicted octanol–water partition coefficient (Wildman–Crippen LogP) is 1.99. The summed E-state index contributed by atoms with van der Waals surface area (Å²) in [5.41, 5.74) is 1.23. The van der Waals surface area contributed by atoms with Gasteiger partial charge in [-0.3, -0.25) is 0 Å². The summed E-state index contributed by atoms with van der Waals surface area (Å²) in [6.45, 7) is 1.71. The minimum absolute atomic E-state index is 0.318. The SMILES string of the molecule is CNC(c1ccccc1OC)C1CCOC1. The monoisotopic (exact) mass is 221 g/mol. The molecule has 1 aromatic carbocycles. The van der Waals surface area contributed by atoms with Crippen molar-refractivity contribution in [1.82, 2.24) is 5.32 Å². The van der Waals surface area contributed by atoms with Crippen LogP contribution in [0.5, 0.6) is 5.75 Å². The third-order valence-electron chi connectivity index (χ3n) is 3.22. The Hall–Kier alpha value is -1.06. The van der Waals surface area contributed by atoms with Gasteiger partial charge in [-0.15, -0.1) is 0 Å². The molecule has 0 aromatic heterocycles.